The molecule has 1 N–H and O–H groups in total. The van der Waals surface area contributed by atoms with Crippen LogP contribution < -0.4 is 0 Å². The molecule has 0 bridgehead atoms. The van der Waals surface area contributed by atoms with Crippen molar-refractivity contribution >= 4 is 5.97 Å². The molecule has 0 radical (unpaired) electrons. The minimum absolute atomic E-state index is 0.0810. The molecule has 1 saturated carbocycles. The lowest BCUT2D eigenvalue weighted by atomic mass is 9.98. The van der Waals surface area contributed by atoms with Crippen molar-refractivity contribution in [1.82, 2.24) is 0 Å². The molecule has 2 aliphatic rings. The van der Waals surface area contributed by atoms with E-state index in [-0.39, 0.29) is 12.0 Å². The van der Waals surface area contributed by atoms with Crippen LogP contribution in [0.4, 0.5) is 0 Å². The molecule has 3 atom stereocenters. The van der Waals surface area contributed by atoms with Crippen LogP contribution in [0.25, 0.3) is 0 Å². The fraction of sp³-hybridized carbons (Fsp3) is 0.625. The van der Waals surface area contributed by atoms with E-state index in [9.17, 15) is 4.79 Å². The van der Waals surface area contributed by atoms with Crippen molar-refractivity contribution in [2.75, 3.05) is 0 Å². The summed E-state index contributed by atoms with van der Waals surface area (Å²) in [5, 5.41) is 8.62. The molecule has 3 nitrogen and oxygen atoms in total. The quantitative estimate of drug-likeness (QED) is 0.473. The van der Waals surface area contributed by atoms with E-state index in [1.807, 2.05) is 0 Å². The van der Waals surface area contributed by atoms with E-state index >= 15 is 0 Å². The predicted molar refractivity (Wildman–Crippen MR) is 38.2 cm³/mol. The van der Waals surface area contributed by atoms with Gasteiger partial charge in [-0.3, -0.25) is 0 Å². The molecule has 2 rings (SSSR count). The zero-order valence-electron chi connectivity index (χ0n) is 6.12. The van der Waals surface area contributed by atoms with Gasteiger partial charge >= 0.3 is 5.97 Å². The first-order valence-electron chi connectivity index (χ1n) is 3.77. The Morgan fingerprint density at radius 2 is 2.27 bits per heavy atom. The van der Waals surface area contributed by atoms with Crippen LogP contribution in [0.15, 0.2) is 12.2 Å². The summed E-state index contributed by atoms with van der Waals surface area (Å²) in [5.74, 6) is -0.802. The number of carboxylic acid groups (broad SMARTS) is 1. The van der Waals surface area contributed by atoms with E-state index in [1.54, 1.807) is 0 Å². The zero-order chi connectivity index (χ0) is 8.01. The molecule has 0 aromatic rings. The Balaban J connectivity index is 2.05. The van der Waals surface area contributed by atoms with Crippen LogP contribution in [0.2, 0.25) is 0 Å². The summed E-state index contributed by atoms with van der Waals surface area (Å²) in [7, 11) is 0. The second-order valence-electron chi connectivity index (χ2n) is 3.15. The number of ether oxygens (including phenoxy) is 1. The van der Waals surface area contributed by atoms with Gasteiger partial charge in [-0.2, -0.15) is 0 Å². The first-order chi connectivity index (χ1) is 5.20. The predicted octanol–water partition coefficient (Wildman–Crippen LogP) is 0.805. The van der Waals surface area contributed by atoms with E-state index < -0.39 is 5.97 Å². The fourth-order valence-corrected chi connectivity index (χ4v) is 1.78. The van der Waals surface area contributed by atoms with Gasteiger partial charge in [-0.25, -0.2) is 4.79 Å². The van der Waals surface area contributed by atoms with Crippen LogP contribution in [0.5, 0.6) is 0 Å². The van der Waals surface area contributed by atoms with Gasteiger partial charge in [0.1, 0.15) is 0 Å². The third-order valence-electron chi connectivity index (χ3n) is 2.50. The maximum Gasteiger partial charge on any atom is 0.331 e. The van der Waals surface area contributed by atoms with Gasteiger partial charge in [-0.1, -0.05) is 6.58 Å². The second kappa shape index (κ2) is 2.08. The molecule has 60 valence electrons. The van der Waals surface area contributed by atoms with Gasteiger partial charge in [-0.15, -0.1) is 0 Å². The van der Waals surface area contributed by atoms with Gasteiger partial charge < -0.3 is 9.84 Å². The minimum atomic E-state index is -0.883. The van der Waals surface area contributed by atoms with Gasteiger partial charge in [0, 0.05) is 11.5 Å². The van der Waals surface area contributed by atoms with Crippen molar-refractivity contribution < 1.29 is 14.6 Å². The molecule has 3 heteroatoms. The lowest BCUT2D eigenvalue weighted by Crippen LogP contribution is -2.13. The zero-order valence-corrected chi connectivity index (χ0v) is 6.12. The minimum Gasteiger partial charge on any atom is -0.478 e. The summed E-state index contributed by atoms with van der Waals surface area (Å²) >= 11 is 0. The summed E-state index contributed by atoms with van der Waals surface area (Å²) in [5.41, 5.74) is 0.315. The molecule has 0 aromatic heterocycles. The van der Waals surface area contributed by atoms with Gasteiger partial charge in [0.05, 0.1) is 12.2 Å². The lowest BCUT2D eigenvalue weighted by molar-refractivity contribution is -0.133. The van der Waals surface area contributed by atoms with Crippen LogP contribution in [0, 0.1) is 5.92 Å². The van der Waals surface area contributed by atoms with Gasteiger partial charge in [0.2, 0.25) is 0 Å². The SMILES string of the molecule is C=C(C(=O)O)C1CCC2OC21. The van der Waals surface area contributed by atoms with Gasteiger partial charge in [-0.05, 0) is 12.8 Å². The van der Waals surface area contributed by atoms with Crippen molar-refractivity contribution in [1.29, 1.82) is 0 Å². The number of rotatable bonds is 2. The molecule has 1 saturated heterocycles. The van der Waals surface area contributed by atoms with Gasteiger partial charge in [0.25, 0.3) is 0 Å². The average molecular weight is 154 g/mol. The fourth-order valence-electron chi connectivity index (χ4n) is 1.78. The van der Waals surface area contributed by atoms with Crippen LogP contribution in [0.3, 0.4) is 0 Å². The Kier molecular flexibility index (Phi) is 1.29. The highest BCUT2D eigenvalue weighted by atomic mass is 16.6. The summed E-state index contributed by atoms with van der Waals surface area (Å²) in [4.78, 5) is 10.5. The van der Waals surface area contributed by atoms with Crippen LogP contribution in [-0.2, 0) is 9.53 Å². The smallest absolute Gasteiger partial charge is 0.331 e. The third kappa shape index (κ3) is 0.959. The van der Waals surface area contributed by atoms with E-state index in [2.05, 4.69) is 6.58 Å². The molecule has 1 aliphatic heterocycles. The number of epoxide rings is 1. The Morgan fingerprint density at radius 1 is 1.55 bits per heavy atom. The first-order valence-corrected chi connectivity index (χ1v) is 3.77. The first kappa shape index (κ1) is 6.85. The van der Waals surface area contributed by atoms with Crippen molar-refractivity contribution in [2.45, 2.75) is 25.0 Å². The van der Waals surface area contributed by atoms with Crippen molar-refractivity contribution in [3.63, 3.8) is 0 Å². The second-order valence-corrected chi connectivity index (χ2v) is 3.15. The van der Waals surface area contributed by atoms with Crippen molar-refractivity contribution in [3.8, 4) is 0 Å². The Morgan fingerprint density at radius 3 is 2.64 bits per heavy atom. The maximum absolute atomic E-state index is 10.5. The maximum atomic E-state index is 10.5. The highest BCUT2D eigenvalue weighted by molar-refractivity contribution is 5.86. The molecule has 0 aromatic carbocycles. The van der Waals surface area contributed by atoms with Crippen LogP contribution in [0.1, 0.15) is 12.8 Å². The topological polar surface area (TPSA) is 49.8 Å². The number of carboxylic acids is 1. The molecule has 0 spiro atoms. The number of fused-ring (bicyclic) bond motifs is 1. The highest BCUT2D eigenvalue weighted by Gasteiger charge is 2.51. The van der Waals surface area contributed by atoms with E-state index in [0.717, 1.165) is 12.8 Å². The molecule has 3 unspecified atom stereocenters. The number of hydrogen-bond acceptors (Lipinski definition) is 2. The summed E-state index contributed by atoms with van der Waals surface area (Å²) < 4.78 is 5.21. The average Bonchev–Trinajstić information content (AvgIpc) is 2.62. The molecular formula is C8H10O3. The largest absolute Gasteiger partial charge is 0.478 e. The number of aliphatic carboxylic acids is 1. The molecule has 1 heterocycles. The molecule has 2 fully saturated rings. The standard InChI is InChI=1S/C8H10O3/c1-4(8(9)10)5-2-3-6-7(5)11-6/h5-7H,1-3H2,(H,9,10). The van der Waals surface area contributed by atoms with E-state index in [4.69, 9.17) is 9.84 Å². The molecule has 11 heavy (non-hydrogen) atoms. The third-order valence-corrected chi connectivity index (χ3v) is 2.50. The van der Waals surface area contributed by atoms with E-state index in [0.29, 0.717) is 11.7 Å². The summed E-state index contributed by atoms with van der Waals surface area (Å²) in [6.45, 7) is 3.53. The molecule has 0 amide bonds. The van der Waals surface area contributed by atoms with Crippen LogP contribution in [-0.4, -0.2) is 23.3 Å². The summed E-state index contributed by atoms with van der Waals surface area (Å²) in [6, 6.07) is 0. The van der Waals surface area contributed by atoms with E-state index in [1.165, 1.54) is 0 Å². The monoisotopic (exact) mass is 154 g/mol. The normalized spacial score (nSPS) is 39.8. The van der Waals surface area contributed by atoms with Crippen LogP contribution >= 0.6 is 0 Å². The molecule has 1 aliphatic carbocycles. The Labute approximate surface area is 64.7 Å². The van der Waals surface area contributed by atoms with Gasteiger partial charge in [0.15, 0.2) is 0 Å². The lowest BCUT2D eigenvalue weighted by Gasteiger charge is -2.08. The van der Waals surface area contributed by atoms with Crippen molar-refractivity contribution in [3.05, 3.63) is 12.2 Å². The Bertz CT molecular complexity index is 221. The number of hydrogen-bond donors (Lipinski definition) is 1. The summed E-state index contributed by atoms with van der Waals surface area (Å²) in [6.07, 6.45) is 2.46. The number of carbonyl (C=O) groups is 1. The highest BCUT2D eigenvalue weighted by Crippen LogP contribution is 2.45. The van der Waals surface area contributed by atoms with Crippen molar-refractivity contribution in [2.24, 2.45) is 5.92 Å². The Hall–Kier alpha value is -0.830. The molecular weight excluding hydrogens is 144 g/mol.